The van der Waals surface area contributed by atoms with Crippen LogP contribution >= 0.6 is 0 Å². The lowest BCUT2D eigenvalue weighted by molar-refractivity contribution is -0.143. The number of hydrogen-bond acceptors (Lipinski definition) is 4. The lowest BCUT2D eigenvalue weighted by Crippen LogP contribution is -2.42. The van der Waals surface area contributed by atoms with Crippen molar-refractivity contribution < 1.29 is 14.3 Å². The molecule has 0 amide bonds. The van der Waals surface area contributed by atoms with Gasteiger partial charge in [0.2, 0.25) is 0 Å². The van der Waals surface area contributed by atoms with Crippen molar-refractivity contribution in [2.24, 2.45) is 0 Å². The fraction of sp³-hybridized carbons (Fsp3) is 0.417. The summed E-state index contributed by atoms with van der Waals surface area (Å²) >= 11 is 0. The summed E-state index contributed by atoms with van der Waals surface area (Å²) in [5.74, 6) is 0.609. The van der Waals surface area contributed by atoms with Crippen LogP contribution < -0.4 is 10.1 Å². The van der Waals surface area contributed by atoms with Gasteiger partial charge >= 0.3 is 5.97 Å². The van der Waals surface area contributed by atoms with E-state index in [-0.39, 0.29) is 12.0 Å². The zero-order chi connectivity index (χ0) is 11.5. The van der Waals surface area contributed by atoms with Gasteiger partial charge in [0.05, 0.1) is 14.2 Å². The van der Waals surface area contributed by atoms with Crippen LogP contribution in [-0.2, 0) is 22.5 Å². The normalized spacial score (nSPS) is 18.8. The van der Waals surface area contributed by atoms with Gasteiger partial charge in [-0.25, -0.2) is 0 Å². The zero-order valence-corrected chi connectivity index (χ0v) is 9.45. The van der Waals surface area contributed by atoms with E-state index < -0.39 is 0 Å². The van der Waals surface area contributed by atoms with Gasteiger partial charge in [-0.1, -0.05) is 6.07 Å². The van der Waals surface area contributed by atoms with E-state index in [0.29, 0.717) is 13.0 Å². The molecule has 1 aromatic carbocycles. The molecule has 0 aliphatic carbocycles. The van der Waals surface area contributed by atoms with Crippen LogP contribution in [-0.4, -0.2) is 26.2 Å². The van der Waals surface area contributed by atoms with Crippen LogP contribution in [0.15, 0.2) is 18.2 Å². The van der Waals surface area contributed by atoms with Gasteiger partial charge in [-0.05, 0) is 29.7 Å². The maximum absolute atomic E-state index is 11.4. The average Bonchev–Trinajstić information content (AvgIpc) is 2.36. The minimum Gasteiger partial charge on any atom is -0.497 e. The van der Waals surface area contributed by atoms with Crippen LogP contribution in [0.3, 0.4) is 0 Å². The van der Waals surface area contributed by atoms with Gasteiger partial charge in [0.25, 0.3) is 0 Å². The Bertz CT molecular complexity index is 403. The molecule has 1 aliphatic rings. The number of esters is 1. The lowest BCUT2D eigenvalue weighted by atomic mass is 9.95. The first-order valence-electron chi connectivity index (χ1n) is 5.21. The molecule has 0 bridgehead atoms. The minimum atomic E-state index is -0.246. The Kier molecular flexibility index (Phi) is 3.10. The fourth-order valence-corrected chi connectivity index (χ4v) is 1.93. The number of rotatable bonds is 2. The number of methoxy groups -OCH3 is 2. The molecule has 1 heterocycles. The highest BCUT2D eigenvalue weighted by Crippen LogP contribution is 2.22. The molecule has 0 spiro atoms. The first kappa shape index (κ1) is 11.0. The van der Waals surface area contributed by atoms with E-state index >= 15 is 0 Å². The maximum Gasteiger partial charge on any atom is 0.323 e. The second kappa shape index (κ2) is 4.53. The Hall–Kier alpha value is -1.55. The number of fused-ring (bicyclic) bond motifs is 1. The molecule has 4 nitrogen and oxygen atoms in total. The number of nitrogens with one attached hydrogen (secondary N) is 1. The second-order valence-electron chi connectivity index (χ2n) is 3.80. The molecule has 16 heavy (non-hydrogen) atoms. The van der Waals surface area contributed by atoms with Gasteiger partial charge in [0, 0.05) is 6.54 Å². The van der Waals surface area contributed by atoms with Gasteiger partial charge in [-0.2, -0.15) is 0 Å². The van der Waals surface area contributed by atoms with Crippen LogP contribution in [0.5, 0.6) is 5.75 Å². The molecule has 1 N–H and O–H groups in total. The first-order valence-corrected chi connectivity index (χ1v) is 5.21. The van der Waals surface area contributed by atoms with Crippen LogP contribution in [0.2, 0.25) is 0 Å². The van der Waals surface area contributed by atoms with Gasteiger partial charge in [-0.15, -0.1) is 0 Å². The Labute approximate surface area is 94.6 Å². The average molecular weight is 221 g/mol. The van der Waals surface area contributed by atoms with Crippen LogP contribution in [0, 0.1) is 0 Å². The van der Waals surface area contributed by atoms with Crippen LogP contribution in [0.1, 0.15) is 11.1 Å². The summed E-state index contributed by atoms with van der Waals surface area (Å²) in [4.78, 5) is 11.4. The van der Waals surface area contributed by atoms with Crippen LogP contribution in [0.25, 0.3) is 0 Å². The molecule has 4 heteroatoms. The summed E-state index contributed by atoms with van der Waals surface area (Å²) in [6, 6.07) is 5.68. The minimum absolute atomic E-state index is 0.214. The number of hydrogen-bond donors (Lipinski definition) is 1. The summed E-state index contributed by atoms with van der Waals surface area (Å²) in [6.45, 7) is 0.694. The predicted octanol–water partition coefficient (Wildman–Crippen LogP) is 0.882. The third kappa shape index (κ3) is 2.02. The highest BCUT2D eigenvalue weighted by atomic mass is 16.5. The van der Waals surface area contributed by atoms with E-state index in [0.717, 1.165) is 11.3 Å². The predicted molar refractivity (Wildman–Crippen MR) is 59.3 cm³/mol. The van der Waals surface area contributed by atoms with Gasteiger partial charge in [0.15, 0.2) is 0 Å². The molecule has 0 aromatic heterocycles. The highest BCUT2D eigenvalue weighted by molar-refractivity contribution is 5.76. The Morgan fingerprint density at radius 1 is 1.38 bits per heavy atom. The molecule has 86 valence electrons. The molecule has 0 radical (unpaired) electrons. The summed E-state index contributed by atoms with van der Waals surface area (Å²) in [6.07, 6.45) is 0.652. The zero-order valence-electron chi connectivity index (χ0n) is 9.45. The second-order valence-corrected chi connectivity index (χ2v) is 3.80. The van der Waals surface area contributed by atoms with Crippen molar-refractivity contribution >= 4 is 5.97 Å². The number of benzene rings is 1. The van der Waals surface area contributed by atoms with Gasteiger partial charge < -0.3 is 14.8 Å². The molecular weight excluding hydrogens is 206 g/mol. The molecule has 2 rings (SSSR count). The molecule has 0 fully saturated rings. The number of carbonyl (C=O) groups is 1. The largest absolute Gasteiger partial charge is 0.497 e. The standard InChI is InChI=1S/C12H15NO3/c1-15-10-4-3-8-7-13-11(12(14)16-2)6-9(8)5-10/h3-5,11,13H,6-7H2,1-2H3. The van der Waals surface area contributed by atoms with Crippen molar-refractivity contribution in [3.8, 4) is 5.75 Å². The Morgan fingerprint density at radius 3 is 2.88 bits per heavy atom. The molecule has 1 unspecified atom stereocenters. The van der Waals surface area contributed by atoms with Crippen molar-refractivity contribution in [1.29, 1.82) is 0 Å². The topological polar surface area (TPSA) is 47.6 Å². The van der Waals surface area contributed by atoms with E-state index in [9.17, 15) is 4.79 Å². The molecule has 1 atom stereocenters. The van der Waals surface area contributed by atoms with E-state index in [1.165, 1.54) is 12.7 Å². The SMILES string of the molecule is COC(=O)C1Cc2cc(OC)ccc2CN1. The lowest BCUT2D eigenvalue weighted by Gasteiger charge is -2.24. The van der Waals surface area contributed by atoms with E-state index in [4.69, 9.17) is 9.47 Å². The number of ether oxygens (including phenoxy) is 2. The highest BCUT2D eigenvalue weighted by Gasteiger charge is 2.24. The van der Waals surface area contributed by atoms with Crippen molar-refractivity contribution in [1.82, 2.24) is 5.32 Å². The summed E-state index contributed by atoms with van der Waals surface area (Å²) in [5.41, 5.74) is 2.36. The Balaban J connectivity index is 2.21. The van der Waals surface area contributed by atoms with Crippen LogP contribution in [0.4, 0.5) is 0 Å². The fourth-order valence-electron chi connectivity index (χ4n) is 1.93. The molecular formula is C12H15NO3. The smallest absolute Gasteiger partial charge is 0.323 e. The van der Waals surface area contributed by atoms with Crippen molar-refractivity contribution in [2.75, 3.05) is 14.2 Å². The molecule has 0 saturated carbocycles. The van der Waals surface area contributed by atoms with Crippen molar-refractivity contribution in [2.45, 2.75) is 19.0 Å². The molecule has 0 saturated heterocycles. The summed E-state index contributed by atoms with van der Waals surface area (Å²) in [7, 11) is 3.05. The first-order chi connectivity index (χ1) is 7.74. The third-order valence-corrected chi connectivity index (χ3v) is 2.86. The van der Waals surface area contributed by atoms with Gasteiger partial charge in [-0.3, -0.25) is 4.79 Å². The monoisotopic (exact) mass is 221 g/mol. The maximum atomic E-state index is 11.4. The molecule has 1 aliphatic heterocycles. The van der Waals surface area contributed by atoms with Crippen molar-refractivity contribution in [3.05, 3.63) is 29.3 Å². The number of carbonyl (C=O) groups excluding carboxylic acids is 1. The van der Waals surface area contributed by atoms with E-state index in [1.807, 2.05) is 18.2 Å². The Morgan fingerprint density at radius 2 is 2.19 bits per heavy atom. The summed E-state index contributed by atoms with van der Waals surface area (Å²) < 4.78 is 9.89. The quantitative estimate of drug-likeness (QED) is 0.753. The van der Waals surface area contributed by atoms with Gasteiger partial charge in [0.1, 0.15) is 11.8 Å². The van der Waals surface area contributed by atoms with E-state index in [1.54, 1.807) is 7.11 Å². The summed E-state index contributed by atoms with van der Waals surface area (Å²) in [5, 5.41) is 3.15. The van der Waals surface area contributed by atoms with E-state index in [2.05, 4.69) is 5.32 Å². The van der Waals surface area contributed by atoms with Crippen molar-refractivity contribution in [3.63, 3.8) is 0 Å². The third-order valence-electron chi connectivity index (χ3n) is 2.86. The molecule has 1 aromatic rings.